The molecule has 4 heterocycles. The predicted molar refractivity (Wildman–Crippen MR) is 124 cm³/mol. The zero-order valence-electron chi connectivity index (χ0n) is 19.6. The van der Waals surface area contributed by atoms with E-state index in [1.807, 2.05) is 0 Å². The average molecular weight is 496 g/mol. The Morgan fingerprint density at radius 1 is 1.11 bits per heavy atom. The SMILES string of the molecule is COc1ccnc(CN2CCc3c(cc(Cc4ncc[nH]4)cc3-c3cn(C)nc3C(F)(F)F)C2=O)c1. The van der Waals surface area contributed by atoms with E-state index in [4.69, 9.17) is 4.74 Å². The maximum Gasteiger partial charge on any atom is 0.435 e. The van der Waals surface area contributed by atoms with Crippen LogP contribution < -0.4 is 4.74 Å². The van der Waals surface area contributed by atoms with Crippen LogP contribution in [0, 0.1) is 0 Å². The van der Waals surface area contributed by atoms with Crippen LogP contribution in [0.15, 0.2) is 49.1 Å². The molecule has 0 spiro atoms. The molecule has 36 heavy (non-hydrogen) atoms. The van der Waals surface area contributed by atoms with Gasteiger partial charge in [0.1, 0.15) is 11.6 Å². The van der Waals surface area contributed by atoms with E-state index in [2.05, 4.69) is 20.1 Å². The summed E-state index contributed by atoms with van der Waals surface area (Å²) in [5, 5.41) is 3.68. The number of alkyl halides is 3. The number of nitrogens with zero attached hydrogens (tertiary/aromatic N) is 5. The van der Waals surface area contributed by atoms with Crippen LogP contribution in [0.3, 0.4) is 0 Å². The number of aryl methyl sites for hydroxylation is 1. The Kier molecular flexibility index (Phi) is 5.99. The van der Waals surface area contributed by atoms with Crippen LogP contribution in [0.1, 0.15) is 38.7 Å². The van der Waals surface area contributed by atoms with Crippen LogP contribution in [-0.4, -0.2) is 49.2 Å². The van der Waals surface area contributed by atoms with E-state index in [1.165, 1.54) is 13.2 Å². The second-order valence-electron chi connectivity index (χ2n) is 8.61. The van der Waals surface area contributed by atoms with Gasteiger partial charge in [0.05, 0.1) is 19.3 Å². The number of rotatable bonds is 6. The Balaban J connectivity index is 1.59. The highest BCUT2D eigenvalue weighted by atomic mass is 19.4. The second kappa shape index (κ2) is 9.14. The Labute approximate surface area is 204 Å². The van der Waals surface area contributed by atoms with Crippen molar-refractivity contribution in [2.45, 2.75) is 25.6 Å². The summed E-state index contributed by atoms with van der Waals surface area (Å²) in [5.74, 6) is 1.01. The van der Waals surface area contributed by atoms with Crippen molar-refractivity contribution in [2.75, 3.05) is 13.7 Å². The van der Waals surface area contributed by atoms with Crippen molar-refractivity contribution in [2.24, 2.45) is 7.05 Å². The van der Waals surface area contributed by atoms with Crippen LogP contribution >= 0.6 is 0 Å². The van der Waals surface area contributed by atoms with Gasteiger partial charge in [0, 0.05) is 62.0 Å². The minimum Gasteiger partial charge on any atom is -0.497 e. The van der Waals surface area contributed by atoms with Crippen molar-refractivity contribution in [3.05, 3.63) is 83.0 Å². The molecular weight excluding hydrogens is 473 g/mol. The number of aromatic amines is 1. The summed E-state index contributed by atoms with van der Waals surface area (Å²) < 4.78 is 47.9. The molecule has 1 aliphatic rings. The number of fused-ring (bicyclic) bond motifs is 1. The van der Waals surface area contributed by atoms with Gasteiger partial charge >= 0.3 is 6.18 Å². The number of amides is 1. The second-order valence-corrected chi connectivity index (χ2v) is 8.61. The number of nitrogens with one attached hydrogen (secondary N) is 1. The number of methoxy groups -OCH3 is 1. The highest BCUT2D eigenvalue weighted by Gasteiger charge is 2.39. The number of hydrogen-bond donors (Lipinski definition) is 1. The van der Waals surface area contributed by atoms with Crippen LogP contribution in [0.4, 0.5) is 13.2 Å². The summed E-state index contributed by atoms with van der Waals surface area (Å²) in [5.41, 5.74) is 1.63. The zero-order valence-corrected chi connectivity index (χ0v) is 19.6. The number of H-pyrrole nitrogens is 1. The van der Waals surface area contributed by atoms with Crippen LogP contribution in [0.2, 0.25) is 0 Å². The molecule has 0 bridgehead atoms. The molecule has 1 N–H and O–H groups in total. The highest BCUT2D eigenvalue weighted by molar-refractivity contribution is 5.99. The molecular formula is C25H23F3N6O2. The summed E-state index contributed by atoms with van der Waals surface area (Å²) in [6.45, 7) is 0.602. The molecule has 0 radical (unpaired) electrons. The van der Waals surface area contributed by atoms with Gasteiger partial charge in [0.2, 0.25) is 0 Å². The summed E-state index contributed by atoms with van der Waals surface area (Å²) in [4.78, 5) is 26.8. The molecule has 186 valence electrons. The number of hydrogen-bond acceptors (Lipinski definition) is 5. The Morgan fingerprint density at radius 2 is 1.92 bits per heavy atom. The van der Waals surface area contributed by atoms with Gasteiger partial charge in [-0.1, -0.05) is 6.07 Å². The number of halogens is 3. The topological polar surface area (TPSA) is 88.9 Å². The summed E-state index contributed by atoms with van der Waals surface area (Å²) in [7, 11) is 3.00. The molecule has 5 rings (SSSR count). The van der Waals surface area contributed by atoms with Crippen LogP contribution in [-0.2, 0) is 32.6 Å². The summed E-state index contributed by atoms with van der Waals surface area (Å²) in [6.07, 6.45) is 2.33. The first-order chi connectivity index (χ1) is 17.2. The van der Waals surface area contributed by atoms with Crippen LogP contribution in [0.25, 0.3) is 11.1 Å². The van der Waals surface area contributed by atoms with Crippen molar-refractivity contribution < 1.29 is 22.7 Å². The van der Waals surface area contributed by atoms with E-state index in [0.29, 0.717) is 58.9 Å². The first-order valence-electron chi connectivity index (χ1n) is 11.3. The van der Waals surface area contributed by atoms with Gasteiger partial charge in [-0.25, -0.2) is 4.98 Å². The maximum absolute atomic E-state index is 13.8. The third-order valence-corrected chi connectivity index (χ3v) is 6.15. The number of carbonyl (C=O) groups excluding carboxylic acids is 1. The Morgan fingerprint density at radius 3 is 2.64 bits per heavy atom. The molecule has 0 saturated heterocycles. The Bertz CT molecular complexity index is 1410. The molecule has 1 amide bonds. The standard InChI is InChI=1S/C25H23F3N6O2/c1-33-14-21(23(32-33)25(26,27)28)19-9-15(11-22-30-6-7-31-22)10-20-18(19)4-8-34(24(20)35)13-16-12-17(36-2)3-5-29-16/h3,5-7,9-10,12,14H,4,8,11,13H2,1-2H3,(H,30,31). The molecule has 0 fully saturated rings. The van der Waals surface area contributed by atoms with Gasteiger partial charge in [0.15, 0.2) is 5.69 Å². The van der Waals surface area contributed by atoms with E-state index < -0.39 is 11.9 Å². The fourth-order valence-corrected chi connectivity index (χ4v) is 4.55. The van der Waals surface area contributed by atoms with E-state index in [0.717, 1.165) is 4.68 Å². The largest absolute Gasteiger partial charge is 0.497 e. The number of carbonyl (C=O) groups is 1. The first kappa shape index (κ1) is 23.6. The Hall–Kier alpha value is -4.15. The highest BCUT2D eigenvalue weighted by Crippen LogP contribution is 2.40. The van der Waals surface area contributed by atoms with Crippen molar-refractivity contribution in [1.29, 1.82) is 0 Å². The smallest absolute Gasteiger partial charge is 0.435 e. The minimum atomic E-state index is -4.64. The van der Waals surface area contributed by atoms with E-state index in [1.54, 1.807) is 54.9 Å². The third-order valence-electron chi connectivity index (χ3n) is 6.15. The van der Waals surface area contributed by atoms with Gasteiger partial charge in [-0.15, -0.1) is 0 Å². The van der Waals surface area contributed by atoms with Gasteiger partial charge in [0.25, 0.3) is 5.91 Å². The molecule has 1 aromatic carbocycles. The molecule has 1 aliphatic heterocycles. The summed E-state index contributed by atoms with van der Waals surface area (Å²) >= 11 is 0. The molecule has 0 aliphatic carbocycles. The van der Waals surface area contributed by atoms with Crippen molar-refractivity contribution in [3.63, 3.8) is 0 Å². The van der Waals surface area contributed by atoms with Crippen molar-refractivity contribution in [1.82, 2.24) is 29.6 Å². The fourth-order valence-electron chi connectivity index (χ4n) is 4.55. The fraction of sp³-hybridized carbons (Fsp3) is 0.280. The van der Waals surface area contributed by atoms with Gasteiger partial charge in [-0.2, -0.15) is 18.3 Å². The van der Waals surface area contributed by atoms with Gasteiger partial charge in [-0.3, -0.25) is 14.5 Å². The molecule has 4 aromatic rings. The lowest BCUT2D eigenvalue weighted by molar-refractivity contribution is -0.140. The third kappa shape index (κ3) is 4.56. The quantitative estimate of drug-likeness (QED) is 0.436. The summed E-state index contributed by atoms with van der Waals surface area (Å²) in [6, 6.07) is 6.93. The normalized spacial score (nSPS) is 13.7. The lowest BCUT2D eigenvalue weighted by Crippen LogP contribution is -2.37. The number of aromatic nitrogens is 5. The number of ether oxygens (including phenoxy) is 1. The van der Waals surface area contributed by atoms with E-state index in [-0.39, 0.29) is 18.0 Å². The minimum absolute atomic E-state index is 0.0433. The lowest BCUT2D eigenvalue weighted by Gasteiger charge is -2.30. The average Bonchev–Trinajstić information content (AvgIpc) is 3.50. The molecule has 0 unspecified atom stereocenters. The van der Waals surface area contributed by atoms with Crippen LogP contribution in [0.5, 0.6) is 5.75 Å². The molecule has 0 atom stereocenters. The zero-order chi connectivity index (χ0) is 25.4. The van der Waals surface area contributed by atoms with Gasteiger partial charge in [-0.05, 0) is 35.2 Å². The van der Waals surface area contributed by atoms with E-state index >= 15 is 0 Å². The van der Waals surface area contributed by atoms with E-state index in [9.17, 15) is 18.0 Å². The predicted octanol–water partition coefficient (Wildman–Crippen LogP) is 4.02. The first-order valence-corrected chi connectivity index (χ1v) is 11.3. The maximum atomic E-state index is 13.8. The van der Waals surface area contributed by atoms with Gasteiger partial charge < -0.3 is 14.6 Å². The number of pyridine rings is 1. The van der Waals surface area contributed by atoms with Crippen molar-refractivity contribution in [3.8, 4) is 16.9 Å². The lowest BCUT2D eigenvalue weighted by atomic mass is 9.87. The van der Waals surface area contributed by atoms with Crippen molar-refractivity contribution >= 4 is 5.91 Å². The molecule has 8 nitrogen and oxygen atoms in total. The molecule has 3 aromatic heterocycles. The molecule has 0 saturated carbocycles. The molecule has 11 heteroatoms. The number of benzene rings is 1. The monoisotopic (exact) mass is 496 g/mol. The number of imidazole rings is 1.